The van der Waals surface area contributed by atoms with E-state index in [2.05, 4.69) is 32.0 Å². The van der Waals surface area contributed by atoms with Crippen LogP contribution in [0.4, 0.5) is 0 Å². The summed E-state index contributed by atoms with van der Waals surface area (Å²) in [5.74, 6) is 0.978. The quantitative estimate of drug-likeness (QED) is 0.847. The maximum Gasteiger partial charge on any atom is 0.115 e. The third kappa shape index (κ3) is 6.46. The first-order valence-electron chi connectivity index (χ1n) is 6.00. The van der Waals surface area contributed by atoms with Crippen LogP contribution in [0, 0.1) is 5.92 Å². The summed E-state index contributed by atoms with van der Waals surface area (Å²) in [6.07, 6.45) is 1.02. The molecule has 92 valence electrons. The summed E-state index contributed by atoms with van der Waals surface area (Å²) in [6, 6.07) is 7.51. The summed E-state index contributed by atoms with van der Waals surface area (Å²) >= 11 is 0. The summed E-state index contributed by atoms with van der Waals surface area (Å²) in [5.41, 5.74) is 1.21. The average molecular weight is 223 g/mol. The molecular formula is C14H25NO. The van der Waals surface area contributed by atoms with Crippen LogP contribution in [-0.2, 0) is 6.42 Å². The summed E-state index contributed by atoms with van der Waals surface area (Å²) in [4.78, 5) is 2.19. The van der Waals surface area contributed by atoms with Gasteiger partial charge in [0.25, 0.3) is 0 Å². The lowest BCUT2D eigenvalue weighted by Gasteiger charge is -2.16. The standard InChI is InChI=1S/C12H19NO.C2H6/c1-10(9-13(2)3)7-11-5-4-6-12(14)8-11;1-2/h4-6,8,10,14H,7,9H2,1-3H3;1-2H3. The van der Waals surface area contributed by atoms with Gasteiger partial charge in [-0.2, -0.15) is 0 Å². The predicted molar refractivity (Wildman–Crippen MR) is 70.9 cm³/mol. The van der Waals surface area contributed by atoms with Gasteiger partial charge in [-0.05, 0) is 44.1 Å². The first kappa shape index (κ1) is 15.0. The Hall–Kier alpha value is -1.02. The van der Waals surface area contributed by atoms with E-state index in [1.165, 1.54) is 5.56 Å². The molecule has 1 N–H and O–H groups in total. The molecule has 0 bridgehead atoms. The zero-order valence-electron chi connectivity index (χ0n) is 11.2. The van der Waals surface area contributed by atoms with Crippen molar-refractivity contribution >= 4 is 0 Å². The van der Waals surface area contributed by atoms with Crippen molar-refractivity contribution in [3.8, 4) is 5.75 Å². The molecule has 0 aromatic heterocycles. The minimum Gasteiger partial charge on any atom is -0.508 e. The molecule has 1 atom stereocenters. The van der Waals surface area contributed by atoms with Crippen LogP contribution < -0.4 is 0 Å². The fraction of sp³-hybridized carbons (Fsp3) is 0.571. The molecular weight excluding hydrogens is 198 g/mol. The monoisotopic (exact) mass is 223 g/mol. The lowest BCUT2D eigenvalue weighted by Crippen LogP contribution is -2.21. The van der Waals surface area contributed by atoms with Crippen LogP contribution >= 0.6 is 0 Å². The number of aromatic hydroxyl groups is 1. The Morgan fingerprint density at radius 1 is 1.25 bits per heavy atom. The number of phenols is 1. The number of rotatable bonds is 4. The van der Waals surface area contributed by atoms with Gasteiger partial charge in [0, 0.05) is 6.54 Å². The molecule has 0 saturated heterocycles. The fourth-order valence-corrected chi connectivity index (χ4v) is 1.77. The molecule has 16 heavy (non-hydrogen) atoms. The van der Waals surface area contributed by atoms with E-state index in [0.717, 1.165) is 13.0 Å². The minimum absolute atomic E-state index is 0.361. The Labute approximate surface area is 99.9 Å². The second-order valence-electron chi connectivity index (χ2n) is 4.24. The van der Waals surface area contributed by atoms with Gasteiger partial charge in [0.2, 0.25) is 0 Å². The smallest absolute Gasteiger partial charge is 0.115 e. The zero-order chi connectivity index (χ0) is 12.6. The second kappa shape index (κ2) is 8.17. The highest BCUT2D eigenvalue weighted by molar-refractivity contribution is 5.27. The van der Waals surface area contributed by atoms with E-state index in [-0.39, 0.29) is 0 Å². The first-order chi connectivity index (χ1) is 7.58. The van der Waals surface area contributed by atoms with Crippen molar-refractivity contribution in [3.63, 3.8) is 0 Å². The average Bonchev–Trinajstić information content (AvgIpc) is 2.19. The van der Waals surface area contributed by atoms with Gasteiger partial charge in [0.15, 0.2) is 0 Å². The van der Waals surface area contributed by atoms with Gasteiger partial charge >= 0.3 is 0 Å². The Kier molecular flexibility index (Phi) is 7.65. The Bertz CT molecular complexity index is 284. The molecule has 1 aromatic carbocycles. The highest BCUT2D eigenvalue weighted by Crippen LogP contribution is 2.14. The normalized spacial score (nSPS) is 11.9. The molecule has 1 aromatic rings. The van der Waals surface area contributed by atoms with Gasteiger partial charge in [-0.3, -0.25) is 0 Å². The third-order valence-corrected chi connectivity index (χ3v) is 2.17. The van der Waals surface area contributed by atoms with E-state index in [4.69, 9.17) is 0 Å². The summed E-state index contributed by atoms with van der Waals surface area (Å²) < 4.78 is 0. The molecule has 0 radical (unpaired) electrons. The number of benzene rings is 1. The van der Waals surface area contributed by atoms with Crippen molar-refractivity contribution in [2.45, 2.75) is 27.2 Å². The van der Waals surface area contributed by atoms with Crippen LogP contribution in [0.5, 0.6) is 5.75 Å². The van der Waals surface area contributed by atoms with E-state index < -0.39 is 0 Å². The molecule has 0 amide bonds. The van der Waals surface area contributed by atoms with E-state index in [9.17, 15) is 5.11 Å². The minimum atomic E-state index is 0.361. The summed E-state index contributed by atoms with van der Waals surface area (Å²) in [6.45, 7) is 7.31. The van der Waals surface area contributed by atoms with Gasteiger partial charge in [0.1, 0.15) is 5.75 Å². The number of nitrogens with zero attached hydrogens (tertiary/aromatic N) is 1. The molecule has 2 heteroatoms. The zero-order valence-corrected chi connectivity index (χ0v) is 11.2. The molecule has 2 nitrogen and oxygen atoms in total. The molecule has 1 unspecified atom stereocenters. The largest absolute Gasteiger partial charge is 0.508 e. The molecule has 0 heterocycles. The van der Waals surface area contributed by atoms with E-state index in [0.29, 0.717) is 11.7 Å². The molecule has 0 aliphatic rings. The van der Waals surface area contributed by atoms with Crippen molar-refractivity contribution in [3.05, 3.63) is 29.8 Å². The maximum atomic E-state index is 9.30. The molecule has 0 aliphatic carbocycles. The van der Waals surface area contributed by atoms with Crippen molar-refractivity contribution in [2.75, 3.05) is 20.6 Å². The number of hydrogen-bond donors (Lipinski definition) is 1. The molecule has 1 rings (SSSR count). The van der Waals surface area contributed by atoms with E-state index >= 15 is 0 Å². The summed E-state index contributed by atoms with van der Waals surface area (Å²) in [7, 11) is 4.16. The Morgan fingerprint density at radius 3 is 2.38 bits per heavy atom. The van der Waals surface area contributed by atoms with Crippen molar-refractivity contribution in [2.24, 2.45) is 5.92 Å². The van der Waals surface area contributed by atoms with Crippen LogP contribution in [0.25, 0.3) is 0 Å². The topological polar surface area (TPSA) is 23.5 Å². The molecule has 0 spiro atoms. The van der Waals surface area contributed by atoms with Gasteiger partial charge in [-0.15, -0.1) is 0 Å². The first-order valence-corrected chi connectivity index (χ1v) is 6.00. The highest BCUT2D eigenvalue weighted by atomic mass is 16.3. The molecule has 0 fully saturated rings. The second-order valence-corrected chi connectivity index (χ2v) is 4.24. The fourth-order valence-electron chi connectivity index (χ4n) is 1.77. The van der Waals surface area contributed by atoms with Crippen molar-refractivity contribution in [1.29, 1.82) is 0 Å². The van der Waals surface area contributed by atoms with Crippen LogP contribution in [0.3, 0.4) is 0 Å². The van der Waals surface area contributed by atoms with Crippen LogP contribution in [0.1, 0.15) is 26.3 Å². The Balaban J connectivity index is 0.00000106. The van der Waals surface area contributed by atoms with E-state index in [1.807, 2.05) is 26.0 Å². The lowest BCUT2D eigenvalue weighted by molar-refractivity contribution is 0.338. The predicted octanol–water partition coefficient (Wildman–Crippen LogP) is 3.16. The van der Waals surface area contributed by atoms with Gasteiger partial charge in [-0.25, -0.2) is 0 Å². The molecule has 0 saturated carbocycles. The van der Waals surface area contributed by atoms with Crippen LogP contribution in [0.2, 0.25) is 0 Å². The Morgan fingerprint density at radius 2 is 1.88 bits per heavy atom. The van der Waals surface area contributed by atoms with E-state index in [1.54, 1.807) is 6.07 Å². The van der Waals surface area contributed by atoms with Crippen molar-refractivity contribution < 1.29 is 5.11 Å². The number of phenolic OH excluding ortho intramolecular Hbond substituents is 1. The number of hydrogen-bond acceptors (Lipinski definition) is 2. The third-order valence-electron chi connectivity index (χ3n) is 2.17. The summed E-state index contributed by atoms with van der Waals surface area (Å²) in [5, 5.41) is 9.30. The maximum absolute atomic E-state index is 9.30. The van der Waals surface area contributed by atoms with Crippen LogP contribution in [-0.4, -0.2) is 30.6 Å². The van der Waals surface area contributed by atoms with Crippen molar-refractivity contribution in [1.82, 2.24) is 4.90 Å². The van der Waals surface area contributed by atoms with Gasteiger partial charge in [0.05, 0.1) is 0 Å². The van der Waals surface area contributed by atoms with Gasteiger partial charge in [-0.1, -0.05) is 32.9 Å². The highest BCUT2D eigenvalue weighted by Gasteiger charge is 2.05. The molecule has 0 aliphatic heterocycles. The lowest BCUT2D eigenvalue weighted by atomic mass is 10.0. The SMILES string of the molecule is CC.CC(Cc1cccc(O)c1)CN(C)C. The van der Waals surface area contributed by atoms with Crippen LogP contribution in [0.15, 0.2) is 24.3 Å². The van der Waals surface area contributed by atoms with Gasteiger partial charge < -0.3 is 10.0 Å².